The van der Waals surface area contributed by atoms with E-state index in [4.69, 9.17) is 10.1 Å². The van der Waals surface area contributed by atoms with Gasteiger partial charge in [0, 0.05) is 12.6 Å². The summed E-state index contributed by atoms with van der Waals surface area (Å²) in [5, 5.41) is 9.16. The maximum Gasteiger partial charge on any atom is 0.267 e. The Labute approximate surface area is 152 Å². The molecule has 26 heavy (non-hydrogen) atoms. The standard InChI is InChI=1S/C20H23N5O/c1-3-13-24-17(14-25-18(26)10-9-15(2)22-25)21-19(23-24)20(11-12-20)16-7-5-4-6-8-16/h4-10H,3,11-14H2,1-2H3. The number of nitrogens with zero attached hydrogens (tertiary/aromatic N) is 5. The molecule has 1 saturated carbocycles. The van der Waals surface area contributed by atoms with E-state index in [2.05, 4.69) is 36.3 Å². The summed E-state index contributed by atoms with van der Waals surface area (Å²) in [4.78, 5) is 17.0. The van der Waals surface area contributed by atoms with Crippen molar-refractivity contribution in [2.24, 2.45) is 0 Å². The largest absolute Gasteiger partial charge is 0.268 e. The number of rotatable bonds is 6. The Balaban J connectivity index is 1.72. The van der Waals surface area contributed by atoms with Crippen LogP contribution in [0.1, 0.15) is 49.1 Å². The third kappa shape index (κ3) is 2.96. The zero-order valence-electron chi connectivity index (χ0n) is 15.2. The Morgan fingerprint density at radius 1 is 1.04 bits per heavy atom. The first kappa shape index (κ1) is 16.7. The lowest BCUT2D eigenvalue weighted by atomic mass is 9.95. The summed E-state index contributed by atoms with van der Waals surface area (Å²) >= 11 is 0. The van der Waals surface area contributed by atoms with Crippen LogP contribution in [0.15, 0.2) is 47.3 Å². The van der Waals surface area contributed by atoms with Gasteiger partial charge in [-0.2, -0.15) is 10.2 Å². The van der Waals surface area contributed by atoms with E-state index in [1.807, 2.05) is 17.7 Å². The molecule has 6 nitrogen and oxygen atoms in total. The minimum Gasteiger partial charge on any atom is -0.268 e. The van der Waals surface area contributed by atoms with Crippen LogP contribution in [0.5, 0.6) is 0 Å². The van der Waals surface area contributed by atoms with Crippen molar-refractivity contribution in [1.82, 2.24) is 24.5 Å². The van der Waals surface area contributed by atoms with Gasteiger partial charge in [0.1, 0.15) is 12.4 Å². The van der Waals surface area contributed by atoms with E-state index in [0.29, 0.717) is 6.54 Å². The summed E-state index contributed by atoms with van der Waals surface area (Å²) in [6.07, 6.45) is 3.09. The van der Waals surface area contributed by atoms with Crippen LogP contribution in [0.25, 0.3) is 0 Å². The van der Waals surface area contributed by atoms with Gasteiger partial charge in [-0.05, 0) is 37.8 Å². The third-order valence-corrected chi connectivity index (χ3v) is 4.98. The average molecular weight is 349 g/mol. The van der Waals surface area contributed by atoms with Crippen LogP contribution in [0.3, 0.4) is 0 Å². The molecule has 134 valence electrons. The van der Waals surface area contributed by atoms with E-state index in [0.717, 1.165) is 43.1 Å². The van der Waals surface area contributed by atoms with Gasteiger partial charge in [0.2, 0.25) is 0 Å². The Kier molecular flexibility index (Phi) is 4.18. The SMILES string of the molecule is CCCn1nc(C2(c3ccccc3)CC2)nc1Cn1nc(C)ccc1=O. The van der Waals surface area contributed by atoms with Crippen LogP contribution < -0.4 is 5.56 Å². The molecule has 2 heterocycles. The Bertz CT molecular complexity index is 969. The molecule has 0 bridgehead atoms. The molecule has 0 atom stereocenters. The Hall–Kier alpha value is -2.76. The molecule has 6 heteroatoms. The molecule has 0 unspecified atom stereocenters. The summed E-state index contributed by atoms with van der Waals surface area (Å²) < 4.78 is 3.41. The van der Waals surface area contributed by atoms with Crippen LogP contribution in [0.2, 0.25) is 0 Å². The monoisotopic (exact) mass is 349 g/mol. The predicted molar refractivity (Wildman–Crippen MR) is 99.1 cm³/mol. The van der Waals surface area contributed by atoms with Crippen molar-refractivity contribution >= 4 is 0 Å². The fraction of sp³-hybridized carbons (Fsp3) is 0.400. The van der Waals surface area contributed by atoms with E-state index in [-0.39, 0.29) is 11.0 Å². The maximum absolute atomic E-state index is 12.1. The molecule has 0 saturated heterocycles. The minimum absolute atomic E-state index is 0.0694. The van der Waals surface area contributed by atoms with Crippen molar-refractivity contribution in [2.45, 2.75) is 51.6 Å². The molecule has 1 aliphatic carbocycles. The molecule has 0 radical (unpaired) electrons. The molecule has 0 aliphatic heterocycles. The molecule has 0 spiro atoms. The van der Waals surface area contributed by atoms with Crippen molar-refractivity contribution in [3.8, 4) is 0 Å². The highest BCUT2D eigenvalue weighted by Crippen LogP contribution is 2.52. The van der Waals surface area contributed by atoms with Crippen molar-refractivity contribution in [1.29, 1.82) is 0 Å². The van der Waals surface area contributed by atoms with E-state index in [9.17, 15) is 4.79 Å². The van der Waals surface area contributed by atoms with Gasteiger partial charge in [-0.1, -0.05) is 37.3 Å². The van der Waals surface area contributed by atoms with Crippen molar-refractivity contribution in [3.63, 3.8) is 0 Å². The highest BCUT2D eigenvalue weighted by atomic mass is 16.1. The first-order chi connectivity index (χ1) is 12.6. The number of hydrogen-bond donors (Lipinski definition) is 0. The minimum atomic E-state index is -0.118. The van der Waals surface area contributed by atoms with Crippen LogP contribution in [-0.4, -0.2) is 24.5 Å². The zero-order chi connectivity index (χ0) is 18.1. The van der Waals surface area contributed by atoms with Gasteiger partial charge in [0.05, 0.1) is 11.1 Å². The molecular formula is C20H23N5O. The summed E-state index contributed by atoms with van der Waals surface area (Å²) in [6.45, 7) is 5.13. The first-order valence-corrected chi connectivity index (χ1v) is 9.17. The third-order valence-electron chi connectivity index (χ3n) is 4.98. The Morgan fingerprint density at radius 2 is 1.81 bits per heavy atom. The van der Waals surface area contributed by atoms with Crippen molar-refractivity contribution in [3.05, 3.63) is 75.7 Å². The smallest absolute Gasteiger partial charge is 0.267 e. The fourth-order valence-corrected chi connectivity index (χ4v) is 3.41. The van der Waals surface area contributed by atoms with E-state index >= 15 is 0 Å². The van der Waals surface area contributed by atoms with Gasteiger partial charge in [-0.15, -0.1) is 0 Å². The molecule has 2 aromatic heterocycles. The summed E-state index contributed by atoms with van der Waals surface area (Å²) in [7, 11) is 0. The predicted octanol–water partition coefficient (Wildman–Crippen LogP) is 2.68. The highest BCUT2D eigenvalue weighted by molar-refractivity contribution is 5.39. The zero-order valence-corrected chi connectivity index (χ0v) is 15.2. The Morgan fingerprint density at radius 3 is 2.50 bits per heavy atom. The first-order valence-electron chi connectivity index (χ1n) is 9.17. The second-order valence-electron chi connectivity index (χ2n) is 6.99. The summed E-state index contributed by atoms with van der Waals surface area (Å²) in [5.74, 6) is 1.66. The topological polar surface area (TPSA) is 65.6 Å². The van der Waals surface area contributed by atoms with Gasteiger partial charge < -0.3 is 0 Å². The highest BCUT2D eigenvalue weighted by Gasteiger charge is 2.49. The number of aromatic nitrogens is 5. The molecule has 4 rings (SSSR count). The van der Waals surface area contributed by atoms with Gasteiger partial charge >= 0.3 is 0 Å². The molecule has 1 aliphatic rings. The fourth-order valence-electron chi connectivity index (χ4n) is 3.41. The maximum atomic E-state index is 12.1. The van der Waals surface area contributed by atoms with Crippen LogP contribution in [0, 0.1) is 6.92 Å². The lowest BCUT2D eigenvalue weighted by Gasteiger charge is -2.11. The molecule has 1 fully saturated rings. The van der Waals surface area contributed by atoms with Gasteiger partial charge in [0.15, 0.2) is 5.82 Å². The van der Waals surface area contributed by atoms with Crippen LogP contribution >= 0.6 is 0 Å². The summed E-state index contributed by atoms with van der Waals surface area (Å²) in [6, 6.07) is 13.8. The van der Waals surface area contributed by atoms with E-state index in [1.165, 1.54) is 10.2 Å². The van der Waals surface area contributed by atoms with Gasteiger partial charge in [-0.25, -0.2) is 14.3 Å². The summed E-state index contributed by atoms with van der Waals surface area (Å²) in [5.41, 5.74) is 1.90. The number of benzene rings is 1. The van der Waals surface area contributed by atoms with Crippen molar-refractivity contribution < 1.29 is 0 Å². The molecule has 0 amide bonds. The van der Waals surface area contributed by atoms with Crippen LogP contribution in [0.4, 0.5) is 0 Å². The molecule has 1 aromatic carbocycles. The lowest BCUT2D eigenvalue weighted by Crippen LogP contribution is -2.24. The van der Waals surface area contributed by atoms with Crippen LogP contribution in [-0.2, 0) is 18.5 Å². The van der Waals surface area contributed by atoms with E-state index < -0.39 is 0 Å². The molecule has 3 aromatic rings. The van der Waals surface area contributed by atoms with Crippen molar-refractivity contribution in [2.75, 3.05) is 0 Å². The number of aryl methyl sites for hydroxylation is 2. The quantitative estimate of drug-likeness (QED) is 0.686. The number of hydrogen-bond acceptors (Lipinski definition) is 4. The normalized spacial score (nSPS) is 15.2. The second kappa shape index (κ2) is 6.52. The van der Waals surface area contributed by atoms with Gasteiger partial charge in [-0.3, -0.25) is 4.79 Å². The average Bonchev–Trinajstić information content (AvgIpc) is 3.37. The van der Waals surface area contributed by atoms with E-state index in [1.54, 1.807) is 12.1 Å². The molecular weight excluding hydrogens is 326 g/mol. The molecule has 0 N–H and O–H groups in total. The second-order valence-corrected chi connectivity index (χ2v) is 6.99. The van der Waals surface area contributed by atoms with Gasteiger partial charge in [0.25, 0.3) is 5.56 Å². The lowest BCUT2D eigenvalue weighted by molar-refractivity contribution is 0.523.